The summed E-state index contributed by atoms with van der Waals surface area (Å²) in [5.41, 5.74) is 6.49. The molecule has 0 fully saturated rings. The maximum Gasteiger partial charge on any atom is 0.150 e. The van der Waals surface area contributed by atoms with Crippen LogP contribution in [0.25, 0.3) is 10.9 Å². The summed E-state index contributed by atoms with van der Waals surface area (Å²) in [6, 6.07) is 6.84. The Morgan fingerprint density at radius 2 is 2.14 bits per heavy atom. The molecule has 2 rings (SSSR count). The highest BCUT2D eigenvalue weighted by atomic mass is 79.9. The lowest BCUT2D eigenvalue weighted by Gasteiger charge is -2.02. The van der Waals surface area contributed by atoms with Gasteiger partial charge in [-0.2, -0.15) is 0 Å². The lowest BCUT2D eigenvalue weighted by molar-refractivity contribution is 0.635. The zero-order chi connectivity index (χ0) is 10.1. The SMILES string of the molecule is NCc1ccc2cc(Br)cc(F)c2n1. The molecule has 2 nitrogen and oxygen atoms in total. The van der Waals surface area contributed by atoms with Crippen LogP contribution in [0.4, 0.5) is 4.39 Å². The third-order valence-electron chi connectivity index (χ3n) is 1.98. The molecule has 0 spiro atoms. The van der Waals surface area contributed by atoms with Crippen LogP contribution in [0, 0.1) is 5.82 Å². The van der Waals surface area contributed by atoms with Gasteiger partial charge in [0.05, 0.1) is 5.69 Å². The van der Waals surface area contributed by atoms with Crippen LogP contribution in [0.3, 0.4) is 0 Å². The van der Waals surface area contributed by atoms with Crippen LogP contribution in [0.5, 0.6) is 0 Å². The van der Waals surface area contributed by atoms with Gasteiger partial charge in [-0.15, -0.1) is 0 Å². The molecule has 1 aromatic carbocycles. The van der Waals surface area contributed by atoms with Gasteiger partial charge >= 0.3 is 0 Å². The number of pyridine rings is 1. The van der Waals surface area contributed by atoms with E-state index in [1.54, 1.807) is 6.07 Å². The van der Waals surface area contributed by atoms with Crippen molar-refractivity contribution in [3.63, 3.8) is 0 Å². The Balaban J connectivity index is 2.75. The van der Waals surface area contributed by atoms with E-state index in [4.69, 9.17) is 5.73 Å². The van der Waals surface area contributed by atoms with Crippen molar-refractivity contribution in [1.82, 2.24) is 4.98 Å². The minimum atomic E-state index is -0.329. The van der Waals surface area contributed by atoms with Crippen LogP contribution in [0.2, 0.25) is 0 Å². The monoisotopic (exact) mass is 254 g/mol. The minimum Gasteiger partial charge on any atom is -0.325 e. The van der Waals surface area contributed by atoms with E-state index in [9.17, 15) is 4.39 Å². The van der Waals surface area contributed by atoms with Gasteiger partial charge in [0.2, 0.25) is 0 Å². The number of halogens is 2. The highest BCUT2D eigenvalue weighted by molar-refractivity contribution is 9.10. The Kier molecular flexibility index (Phi) is 2.48. The fraction of sp³-hybridized carbons (Fsp3) is 0.100. The van der Waals surface area contributed by atoms with Crippen LogP contribution in [-0.2, 0) is 6.54 Å². The van der Waals surface area contributed by atoms with E-state index in [1.165, 1.54) is 6.07 Å². The summed E-state index contributed by atoms with van der Waals surface area (Å²) in [5.74, 6) is -0.329. The molecule has 2 N–H and O–H groups in total. The zero-order valence-corrected chi connectivity index (χ0v) is 8.88. The Hall–Kier alpha value is -1.00. The predicted molar refractivity (Wildman–Crippen MR) is 57.3 cm³/mol. The van der Waals surface area contributed by atoms with E-state index in [-0.39, 0.29) is 5.82 Å². The summed E-state index contributed by atoms with van der Waals surface area (Å²) in [6.07, 6.45) is 0. The first-order chi connectivity index (χ1) is 6.70. The fourth-order valence-electron chi connectivity index (χ4n) is 1.31. The summed E-state index contributed by atoms with van der Waals surface area (Å²) in [6.45, 7) is 0.325. The Bertz CT molecular complexity index is 485. The molecule has 0 atom stereocenters. The molecule has 0 aliphatic heterocycles. The van der Waals surface area contributed by atoms with Gasteiger partial charge in [0.1, 0.15) is 5.52 Å². The second-order valence-corrected chi connectivity index (χ2v) is 3.88. The number of hydrogen-bond acceptors (Lipinski definition) is 2. The van der Waals surface area contributed by atoms with Crippen LogP contribution in [0.15, 0.2) is 28.7 Å². The van der Waals surface area contributed by atoms with E-state index in [2.05, 4.69) is 20.9 Å². The Morgan fingerprint density at radius 1 is 1.36 bits per heavy atom. The van der Waals surface area contributed by atoms with Gasteiger partial charge in [0, 0.05) is 16.4 Å². The summed E-state index contributed by atoms with van der Waals surface area (Å²) in [7, 11) is 0. The smallest absolute Gasteiger partial charge is 0.150 e. The molecule has 0 saturated carbocycles. The molecule has 14 heavy (non-hydrogen) atoms. The number of hydrogen-bond donors (Lipinski definition) is 1. The first-order valence-electron chi connectivity index (χ1n) is 4.15. The van der Waals surface area contributed by atoms with Crippen LogP contribution >= 0.6 is 15.9 Å². The second-order valence-electron chi connectivity index (χ2n) is 2.97. The van der Waals surface area contributed by atoms with E-state index in [0.717, 1.165) is 5.39 Å². The van der Waals surface area contributed by atoms with Crippen molar-refractivity contribution in [2.75, 3.05) is 0 Å². The van der Waals surface area contributed by atoms with Crippen LogP contribution in [-0.4, -0.2) is 4.98 Å². The summed E-state index contributed by atoms with van der Waals surface area (Å²) in [5, 5.41) is 0.772. The highest BCUT2D eigenvalue weighted by Gasteiger charge is 2.04. The average Bonchev–Trinajstić information content (AvgIpc) is 2.17. The summed E-state index contributed by atoms with van der Waals surface area (Å²) < 4.78 is 14.1. The van der Waals surface area contributed by atoms with Crippen molar-refractivity contribution in [3.8, 4) is 0 Å². The van der Waals surface area contributed by atoms with Crippen molar-refractivity contribution in [2.24, 2.45) is 5.73 Å². The normalized spacial score (nSPS) is 10.8. The van der Waals surface area contributed by atoms with Gasteiger partial charge in [-0.3, -0.25) is 0 Å². The van der Waals surface area contributed by atoms with Crippen molar-refractivity contribution in [2.45, 2.75) is 6.54 Å². The first-order valence-corrected chi connectivity index (χ1v) is 4.95. The van der Waals surface area contributed by atoms with E-state index in [0.29, 0.717) is 22.2 Å². The van der Waals surface area contributed by atoms with Crippen molar-refractivity contribution in [3.05, 3.63) is 40.2 Å². The molecular weight excluding hydrogens is 247 g/mol. The van der Waals surface area contributed by atoms with E-state index >= 15 is 0 Å². The maximum absolute atomic E-state index is 13.4. The molecule has 0 radical (unpaired) electrons. The molecule has 0 unspecified atom stereocenters. The summed E-state index contributed by atoms with van der Waals surface area (Å²) in [4.78, 5) is 4.11. The average molecular weight is 255 g/mol. The number of nitrogens with zero attached hydrogens (tertiary/aromatic N) is 1. The molecule has 1 heterocycles. The van der Waals surface area contributed by atoms with Gasteiger partial charge in [0.25, 0.3) is 0 Å². The van der Waals surface area contributed by atoms with Gasteiger partial charge in [-0.1, -0.05) is 22.0 Å². The van der Waals surface area contributed by atoms with Crippen molar-refractivity contribution >= 4 is 26.8 Å². The quantitative estimate of drug-likeness (QED) is 0.850. The topological polar surface area (TPSA) is 38.9 Å². The predicted octanol–water partition coefficient (Wildman–Crippen LogP) is 2.60. The zero-order valence-electron chi connectivity index (χ0n) is 7.30. The van der Waals surface area contributed by atoms with Crippen LogP contribution < -0.4 is 5.73 Å². The number of aromatic nitrogens is 1. The molecule has 0 aliphatic rings. The largest absolute Gasteiger partial charge is 0.325 e. The molecular formula is C10H8BrFN2. The first kappa shape index (κ1) is 9.55. The third-order valence-corrected chi connectivity index (χ3v) is 2.44. The molecule has 0 bridgehead atoms. The van der Waals surface area contributed by atoms with E-state index in [1.807, 2.05) is 12.1 Å². The molecule has 0 saturated heterocycles. The van der Waals surface area contributed by atoms with Gasteiger partial charge in [-0.05, 0) is 18.2 Å². The molecule has 72 valence electrons. The number of benzene rings is 1. The standard InChI is InChI=1S/C10H8BrFN2/c11-7-3-6-1-2-8(5-13)14-10(6)9(12)4-7/h1-4H,5,13H2. The molecule has 1 aromatic heterocycles. The lowest BCUT2D eigenvalue weighted by Crippen LogP contribution is -1.99. The van der Waals surface area contributed by atoms with Crippen molar-refractivity contribution in [1.29, 1.82) is 0 Å². The molecule has 2 aromatic rings. The van der Waals surface area contributed by atoms with Gasteiger partial charge < -0.3 is 5.73 Å². The third kappa shape index (κ3) is 1.63. The molecule has 0 aliphatic carbocycles. The van der Waals surface area contributed by atoms with E-state index < -0.39 is 0 Å². The Morgan fingerprint density at radius 3 is 2.86 bits per heavy atom. The number of nitrogens with two attached hydrogens (primary N) is 1. The lowest BCUT2D eigenvalue weighted by atomic mass is 10.2. The number of rotatable bonds is 1. The fourth-order valence-corrected chi connectivity index (χ4v) is 1.76. The molecule has 4 heteroatoms. The highest BCUT2D eigenvalue weighted by Crippen LogP contribution is 2.21. The molecule has 0 amide bonds. The summed E-state index contributed by atoms with van der Waals surface area (Å²) >= 11 is 3.23. The van der Waals surface area contributed by atoms with Gasteiger partial charge in [0.15, 0.2) is 5.82 Å². The maximum atomic E-state index is 13.4. The van der Waals surface area contributed by atoms with Crippen molar-refractivity contribution < 1.29 is 4.39 Å². The second kappa shape index (κ2) is 3.63. The van der Waals surface area contributed by atoms with Crippen LogP contribution in [0.1, 0.15) is 5.69 Å². The number of fused-ring (bicyclic) bond motifs is 1. The Labute approximate surface area is 89.1 Å². The minimum absolute atomic E-state index is 0.325. The van der Waals surface area contributed by atoms with Gasteiger partial charge in [-0.25, -0.2) is 9.37 Å².